The minimum absolute atomic E-state index is 0.0856. The van der Waals surface area contributed by atoms with Gasteiger partial charge in [0.25, 0.3) is 5.91 Å². The van der Waals surface area contributed by atoms with Crippen LogP contribution in [-0.2, 0) is 6.42 Å². The van der Waals surface area contributed by atoms with Crippen LogP contribution in [0.4, 0.5) is 0 Å². The van der Waals surface area contributed by atoms with Gasteiger partial charge in [-0.15, -0.1) is 0 Å². The Labute approximate surface area is 114 Å². The smallest absolute Gasteiger partial charge is 0.272 e. The Hall–Kier alpha value is -1.58. The lowest BCUT2D eigenvalue weighted by atomic mass is 9.95. The first kappa shape index (κ1) is 13.8. The second kappa shape index (κ2) is 6.55. The summed E-state index contributed by atoms with van der Waals surface area (Å²) in [5.41, 5.74) is 2.87. The van der Waals surface area contributed by atoms with Crippen LogP contribution in [0.1, 0.15) is 62.1 Å². The van der Waals surface area contributed by atoms with Crippen LogP contribution in [0.2, 0.25) is 0 Å². The summed E-state index contributed by atoms with van der Waals surface area (Å²) in [5.74, 6) is -0.0856. The zero-order chi connectivity index (χ0) is 13.7. The first-order valence-corrected chi connectivity index (χ1v) is 7.24. The lowest BCUT2D eigenvalue weighted by Gasteiger charge is -2.20. The molecule has 0 saturated carbocycles. The molecule has 0 radical (unpaired) electrons. The standard InChI is InChI=1S/C15H23N3O/c1-3-7-13-10-14(18-17-13)15(19)16-11(2)12-8-5-4-6-9-12/h8,10-11H,3-7,9H2,1-2H3,(H,16,19)(H,17,18). The number of nitrogens with one attached hydrogen (secondary N) is 2. The lowest BCUT2D eigenvalue weighted by Crippen LogP contribution is -2.34. The zero-order valence-electron chi connectivity index (χ0n) is 11.8. The van der Waals surface area contributed by atoms with Crippen molar-refractivity contribution in [3.8, 4) is 0 Å². The number of H-pyrrole nitrogens is 1. The predicted octanol–water partition coefficient (Wildman–Crippen LogP) is 2.98. The van der Waals surface area contributed by atoms with Crippen LogP contribution in [0.5, 0.6) is 0 Å². The van der Waals surface area contributed by atoms with Crippen molar-refractivity contribution < 1.29 is 4.79 Å². The molecule has 1 atom stereocenters. The third kappa shape index (κ3) is 3.69. The number of carbonyl (C=O) groups is 1. The molecule has 1 unspecified atom stereocenters. The lowest BCUT2D eigenvalue weighted by molar-refractivity contribution is 0.0939. The highest BCUT2D eigenvalue weighted by Gasteiger charge is 2.16. The van der Waals surface area contributed by atoms with E-state index in [4.69, 9.17) is 0 Å². The van der Waals surface area contributed by atoms with Gasteiger partial charge in [-0.1, -0.05) is 25.0 Å². The molecule has 1 heterocycles. The second-order valence-electron chi connectivity index (χ2n) is 5.25. The van der Waals surface area contributed by atoms with Gasteiger partial charge in [-0.05, 0) is 45.1 Å². The van der Waals surface area contributed by atoms with Crippen LogP contribution >= 0.6 is 0 Å². The molecule has 0 spiro atoms. The maximum atomic E-state index is 12.1. The van der Waals surface area contributed by atoms with E-state index in [1.807, 2.05) is 6.07 Å². The average molecular weight is 261 g/mol. The van der Waals surface area contributed by atoms with Gasteiger partial charge < -0.3 is 5.32 Å². The number of hydrogen-bond acceptors (Lipinski definition) is 2. The molecular formula is C15H23N3O. The molecule has 104 valence electrons. The van der Waals surface area contributed by atoms with E-state index in [2.05, 4.69) is 35.4 Å². The number of rotatable bonds is 5. The summed E-state index contributed by atoms with van der Waals surface area (Å²) in [7, 11) is 0. The summed E-state index contributed by atoms with van der Waals surface area (Å²) in [6, 6.07) is 1.96. The number of carbonyl (C=O) groups excluding carboxylic acids is 1. The van der Waals surface area contributed by atoms with Gasteiger partial charge in [0.1, 0.15) is 5.69 Å². The van der Waals surface area contributed by atoms with Crippen LogP contribution in [0, 0.1) is 0 Å². The quantitative estimate of drug-likeness (QED) is 0.801. The molecule has 0 bridgehead atoms. The average Bonchev–Trinajstić information content (AvgIpc) is 2.89. The molecule has 0 aliphatic heterocycles. The van der Waals surface area contributed by atoms with Gasteiger partial charge >= 0.3 is 0 Å². The molecule has 1 aromatic rings. The van der Waals surface area contributed by atoms with Crippen molar-refractivity contribution in [1.29, 1.82) is 0 Å². The Balaban J connectivity index is 1.93. The van der Waals surface area contributed by atoms with E-state index >= 15 is 0 Å². The summed E-state index contributed by atoms with van der Waals surface area (Å²) < 4.78 is 0. The molecule has 4 heteroatoms. The number of amides is 1. The van der Waals surface area contributed by atoms with Gasteiger partial charge in [0, 0.05) is 11.7 Å². The Morgan fingerprint density at radius 1 is 1.53 bits per heavy atom. The largest absolute Gasteiger partial charge is 0.344 e. The monoisotopic (exact) mass is 261 g/mol. The number of aromatic nitrogens is 2. The van der Waals surface area contributed by atoms with Crippen LogP contribution in [0.15, 0.2) is 17.7 Å². The highest BCUT2D eigenvalue weighted by atomic mass is 16.2. The van der Waals surface area contributed by atoms with E-state index in [9.17, 15) is 4.79 Å². The summed E-state index contributed by atoms with van der Waals surface area (Å²) >= 11 is 0. The summed E-state index contributed by atoms with van der Waals surface area (Å²) in [4.78, 5) is 12.1. The van der Waals surface area contributed by atoms with E-state index in [0.717, 1.165) is 31.4 Å². The molecule has 0 saturated heterocycles. The molecule has 1 aromatic heterocycles. The number of nitrogens with zero attached hydrogens (tertiary/aromatic N) is 1. The molecule has 2 rings (SSSR count). The minimum atomic E-state index is -0.0856. The fraction of sp³-hybridized carbons (Fsp3) is 0.600. The first-order valence-electron chi connectivity index (χ1n) is 7.24. The molecule has 19 heavy (non-hydrogen) atoms. The van der Waals surface area contributed by atoms with Crippen molar-refractivity contribution in [2.75, 3.05) is 0 Å². The summed E-state index contributed by atoms with van der Waals surface area (Å²) in [6.45, 7) is 4.16. The molecule has 0 aromatic carbocycles. The Bertz CT molecular complexity index is 462. The van der Waals surface area contributed by atoms with Gasteiger partial charge in [-0.3, -0.25) is 9.89 Å². The fourth-order valence-electron chi connectivity index (χ4n) is 2.49. The first-order chi connectivity index (χ1) is 9.20. The second-order valence-corrected chi connectivity index (χ2v) is 5.25. The number of hydrogen-bond donors (Lipinski definition) is 2. The van der Waals surface area contributed by atoms with E-state index in [0.29, 0.717) is 5.69 Å². The highest BCUT2D eigenvalue weighted by Crippen LogP contribution is 2.20. The van der Waals surface area contributed by atoms with Crippen LogP contribution < -0.4 is 5.32 Å². The van der Waals surface area contributed by atoms with Gasteiger partial charge in [0.15, 0.2) is 0 Å². The van der Waals surface area contributed by atoms with Gasteiger partial charge in [-0.2, -0.15) is 5.10 Å². The van der Waals surface area contributed by atoms with E-state index in [-0.39, 0.29) is 11.9 Å². The molecule has 2 N–H and O–H groups in total. The highest BCUT2D eigenvalue weighted by molar-refractivity contribution is 5.92. The number of allylic oxidation sites excluding steroid dienone is 1. The third-order valence-corrected chi connectivity index (χ3v) is 3.61. The molecule has 0 fully saturated rings. The van der Waals surface area contributed by atoms with Gasteiger partial charge in [0.2, 0.25) is 0 Å². The topological polar surface area (TPSA) is 57.8 Å². The van der Waals surface area contributed by atoms with Gasteiger partial charge in [0.05, 0.1) is 0 Å². The van der Waals surface area contributed by atoms with E-state index < -0.39 is 0 Å². The van der Waals surface area contributed by atoms with Gasteiger partial charge in [-0.25, -0.2) is 0 Å². The predicted molar refractivity (Wildman–Crippen MR) is 76.1 cm³/mol. The number of aryl methyl sites for hydroxylation is 1. The molecule has 1 amide bonds. The maximum absolute atomic E-state index is 12.1. The third-order valence-electron chi connectivity index (χ3n) is 3.61. The molecule has 1 aliphatic rings. The SMILES string of the molecule is CCCc1cc(C(=O)NC(C)C2=CCCCC2)n[nH]1. The summed E-state index contributed by atoms with van der Waals surface area (Å²) in [5, 5.41) is 10.0. The van der Waals surface area contributed by atoms with Crippen molar-refractivity contribution in [1.82, 2.24) is 15.5 Å². The Kier molecular flexibility index (Phi) is 4.77. The van der Waals surface area contributed by atoms with Crippen molar-refractivity contribution >= 4 is 5.91 Å². The van der Waals surface area contributed by atoms with Crippen molar-refractivity contribution in [3.63, 3.8) is 0 Å². The maximum Gasteiger partial charge on any atom is 0.272 e. The number of aromatic amines is 1. The molecule has 4 nitrogen and oxygen atoms in total. The van der Waals surface area contributed by atoms with Crippen LogP contribution in [0.25, 0.3) is 0 Å². The normalized spacial score (nSPS) is 16.8. The zero-order valence-corrected chi connectivity index (χ0v) is 11.8. The van der Waals surface area contributed by atoms with E-state index in [1.165, 1.54) is 18.4 Å². The molecule has 1 aliphatic carbocycles. The van der Waals surface area contributed by atoms with Crippen LogP contribution in [-0.4, -0.2) is 22.1 Å². The fourth-order valence-corrected chi connectivity index (χ4v) is 2.49. The Morgan fingerprint density at radius 3 is 3.05 bits per heavy atom. The van der Waals surface area contributed by atoms with E-state index in [1.54, 1.807) is 0 Å². The van der Waals surface area contributed by atoms with Crippen molar-refractivity contribution in [2.24, 2.45) is 0 Å². The van der Waals surface area contributed by atoms with Crippen molar-refractivity contribution in [2.45, 2.75) is 58.4 Å². The summed E-state index contributed by atoms with van der Waals surface area (Å²) in [6.07, 6.45) is 8.98. The molecular weight excluding hydrogens is 238 g/mol. The van der Waals surface area contributed by atoms with Crippen LogP contribution in [0.3, 0.4) is 0 Å². The Morgan fingerprint density at radius 2 is 2.37 bits per heavy atom. The van der Waals surface area contributed by atoms with Crippen molar-refractivity contribution in [3.05, 3.63) is 29.1 Å². The minimum Gasteiger partial charge on any atom is -0.344 e.